The first-order valence-electron chi connectivity index (χ1n) is 6.22. The van der Waals surface area contributed by atoms with Gasteiger partial charge in [0.05, 0.1) is 6.33 Å². The second-order valence-corrected chi connectivity index (χ2v) is 4.62. The molecule has 0 aromatic carbocycles. The summed E-state index contributed by atoms with van der Waals surface area (Å²) in [5.74, 6) is -1.08. The van der Waals surface area contributed by atoms with Gasteiger partial charge in [-0.1, -0.05) is 6.92 Å². The van der Waals surface area contributed by atoms with E-state index in [4.69, 9.17) is 10.8 Å². The van der Waals surface area contributed by atoms with Crippen molar-refractivity contribution in [1.82, 2.24) is 15.3 Å². The molecule has 0 saturated carbocycles. The largest absolute Gasteiger partial charge is 0.480 e. The Morgan fingerprint density at radius 1 is 1.58 bits per heavy atom. The fraction of sp³-hybridized carbons (Fsp3) is 0.583. The molecule has 0 aliphatic rings. The minimum atomic E-state index is -1.06. The van der Waals surface area contributed by atoms with Crippen LogP contribution in [0.1, 0.15) is 25.5 Å². The van der Waals surface area contributed by atoms with Crippen LogP contribution in [0, 0.1) is 5.92 Å². The van der Waals surface area contributed by atoms with Crippen molar-refractivity contribution in [1.29, 1.82) is 0 Å². The maximum Gasteiger partial charge on any atom is 0.326 e. The van der Waals surface area contributed by atoms with Crippen LogP contribution in [-0.2, 0) is 16.0 Å². The molecule has 0 radical (unpaired) electrons. The number of hydrogen-bond donors (Lipinski definition) is 4. The lowest BCUT2D eigenvalue weighted by atomic mass is 10.1. The highest BCUT2D eigenvalue weighted by Gasteiger charge is 2.21. The number of rotatable bonds is 8. The van der Waals surface area contributed by atoms with E-state index >= 15 is 0 Å². The average Bonchev–Trinajstić information content (AvgIpc) is 2.87. The summed E-state index contributed by atoms with van der Waals surface area (Å²) in [7, 11) is 0. The van der Waals surface area contributed by atoms with Gasteiger partial charge in [0.2, 0.25) is 5.91 Å². The number of aliphatic carboxylic acids is 1. The zero-order chi connectivity index (χ0) is 14.3. The number of aromatic nitrogens is 2. The molecule has 7 heteroatoms. The first-order valence-corrected chi connectivity index (χ1v) is 6.22. The first kappa shape index (κ1) is 15.2. The van der Waals surface area contributed by atoms with Gasteiger partial charge < -0.3 is 21.1 Å². The van der Waals surface area contributed by atoms with Crippen LogP contribution in [0.5, 0.6) is 0 Å². The Labute approximate surface area is 111 Å². The maximum atomic E-state index is 11.7. The molecule has 106 valence electrons. The number of carboxylic acid groups (broad SMARTS) is 1. The number of amides is 1. The van der Waals surface area contributed by atoms with Crippen molar-refractivity contribution < 1.29 is 14.7 Å². The van der Waals surface area contributed by atoms with Crippen LogP contribution < -0.4 is 11.1 Å². The summed E-state index contributed by atoms with van der Waals surface area (Å²) in [4.78, 5) is 29.4. The monoisotopic (exact) mass is 268 g/mol. The van der Waals surface area contributed by atoms with Crippen molar-refractivity contribution in [3.8, 4) is 0 Å². The normalized spacial score (nSPS) is 13.8. The summed E-state index contributed by atoms with van der Waals surface area (Å²) in [5, 5.41) is 11.6. The van der Waals surface area contributed by atoms with E-state index in [0.29, 0.717) is 18.7 Å². The molecule has 19 heavy (non-hydrogen) atoms. The van der Waals surface area contributed by atoms with Crippen LogP contribution in [0.3, 0.4) is 0 Å². The van der Waals surface area contributed by atoms with Gasteiger partial charge in [-0.3, -0.25) is 4.79 Å². The van der Waals surface area contributed by atoms with Gasteiger partial charge in [-0.2, -0.15) is 0 Å². The number of aromatic amines is 1. The molecule has 0 fully saturated rings. The molecular formula is C12H20N4O3. The maximum absolute atomic E-state index is 11.7. The van der Waals surface area contributed by atoms with E-state index < -0.39 is 12.0 Å². The van der Waals surface area contributed by atoms with Crippen molar-refractivity contribution in [2.24, 2.45) is 11.7 Å². The van der Waals surface area contributed by atoms with Crippen LogP contribution >= 0.6 is 0 Å². The predicted octanol–water partition coefficient (Wildman–Crippen LogP) is -0.103. The van der Waals surface area contributed by atoms with Gasteiger partial charge >= 0.3 is 5.97 Å². The topological polar surface area (TPSA) is 121 Å². The fourth-order valence-electron chi connectivity index (χ4n) is 1.58. The summed E-state index contributed by atoms with van der Waals surface area (Å²) in [6.45, 7) is 2.47. The van der Waals surface area contributed by atoms with Gasteiger partial charge in [0.15, 0.2) is 0 Å². The molecule has 5 N–H and O–H groups in total. The van der Waals surface area contributed by atoms with Crippen LogP contribution in [0.4, 0.5) is 0 Å². The fourth-order valence-corrected chi connectivity index (χ4v) is 1.58. The number of hydrogen-bond acceptors (Lipinski definition) is 4. The van der Waals surface area contributed by atoms with E-state index in [2.05, 4.69) is 15.3 Å². The summed E-state index contributed by atoms with van der Waals surface area (Å²) >= 11 is 0. The first-order chi connectivity index (χ1) is 9.02. The van der Waals surface area contributed by atoms with Crippen LogP contribution in [0.15, 0.2) is 12.5 Å². The van der Waals surface area contributed by atoms with Gasteiger partial charge in [0.1, 0.15) is 6.04 Å². The summed E-state index contributed by atoms with van der Waals surface area (Å²) < 4.78 is 0. The zero-order valence-electron chi connectivity index (χ0n) is 10.9. The van der Waals surface area contributed by atoms with Gasteiger partial charge in [0.25, 0.3) is 0 Å². The summed E-state index contributed by atoms with van der Waals surface area (Å²) in [6, 6.07) is -0.943. The number of nitrogens with two attached hydrogens (primary N) is 1. The number of H-pyrrole nitrogens is 1. The molecule has 0 saturated heterocycles. The Kier molecular flexibility index (Phi) is 6.01. The number of carboxylic acids is 1. The number of nitrogens with zero attached hydrogens (tertiary/aromatic N) is 1. The molecule has 1 amide bonds. The second kappa shape index (κ2) is 7.52. The second-order valence-electron chi connectivity index (χ2n) is 4.62. The Morgan fingerprint density at radius 3 is 2.84 bits per heavy atom. The van der Waals surface area contributed by atoms with Gasteiger partial charge in [-0.25, -0.2) is 9.78 Å². The van der Waals surface area contributed by atoms with E-state index in [1.165, 1.54) is 6.33 Å². The molecule has 1 heterocycles. The summed E-state index contributed by atoms with van der Waals surface area (Å²) in [6.07, 6.45) is 4.13. The molecule has 0 aliphatic carbocycles. The quantitative estimate of drug-likeness (QED) is 0.524. The highest BCUT2D eigenvalue weighted by molar-refractivity contribution is 5.83. The van der Waals surface area contributed by atoms with Gasteiger partial charge in [-0.05, 0) is 18.9 Å². The number of imidazole rings is 1. The predicted molar refractivity (Wildman–Crippen MR) is 69.3 cm³/mol. The van der Waals surface area contributed by atoms with Gasteiger partial charge in [0, 0.05) is 24.7 Å². The Bertz CT molecular complexity index is 405. The lowest BCUT2D eigenvalue weighted by molar-refractivity contribution is -0.141. The molecule has 0 aliphatic heterocycles. The van der Waals surface area contributed by atoms with E-state index in [9.17, 15) is 9.59 Å². The van der Waals surface area contributed by atoms with E-state index in [1.807, 2.05) is 6.92 Å². The highest BCUT2D eigenvalue weighted by Crippen LogP contribution is 2.04. The Morgan fingerprint density at radius 2 is 2.32 bits per heavy atom. The minimum absolute atomic E-state index is 0.188. The molecule has 1 aromatic rings. The van der Waals surface area contributed by atoms with Crippen LogP contribution in [0.25, 0.3) is 0 Å². The SMILES string of the molecule is CC(CN)CCC(=O)N[C@H](Cc1cnc[nH]1)C(=O)O. The van der Waals surface area contributed by atoms with Crippen molar-refractivity contribution in [2.75, 3.05) is 6.54 Å². The number of carbonyl (C=O) groups excluding carboxylic acids is 1. The Hall–Kier alpha value is -1.89. The average molecular weight is 268 g/mol. The molecule has 7 nitrogen and oxygen atoms in total. The highest BCUT2D eigenvalue weighted by atomic mass is 16.4. The number of nitrogens with one attached hydrogen (secondary N) is 2. The lowest BCUT2D eigenvalue weighted by Crippen LogP contribution is -2.42. The Balaban J connectivity index is 2.45. The van der Waals surface area contributed by atoms with Crippen LogP contribution in [0.2, 0.25) is 0 Å². The smallest absolute Gasteiger partial charge is 0.326 e. The lowest BCUT2D eigenvalue weighted by Gasteiger charge is -2.14. The van der Waals surface area contributed by atoms with E-state index in [0.717, 1.165) is 0 Å². The third-order valence-electron chi connectivity index (χ3n) is 2.88. The van der Waals surface area contributed by atoms with Crippen molar-refractivity contribution in [3.05, 3.63) is 18.2 Å². The minimum Gasteiger partial charge on any atom is -0.480 e. The zero-order valence-corrected chi connectivity index (χ0v) is 10.9. The van der Waals surface area contributed by atoms with E-state index in [1.54, 1.807) is 6.20 Å². The van der Waals surface area contributed by atoms with E-state index in [-0.39, 0.29) is 24.7 Å². The third-order valence-corrected chi connectivity index (χ3v) is 2.88. The van der Waals surface area contributed by atoms with Gasteiger partial charge in [-0.15, -0.1) is 0 Å². The molecule has 1 aromatic heterocycles. The van der Waals surface area contributed by atoms with Crippen molar-refractivity contribution >= 4 is 11.9 Å². The number of carbonyl (C=O) groups is 2. The third kappa shape index (κ3) is 5.52. The van der Waals surface area contributed by atoms with Crippen LogP contribution in [-0.4, -0.2) is 39.5 Å². The molecule has 0 bridgehead atoms. The van der Waals surface area contributed by atoms with Crippen molar-refractivity contribution in [2.45, 2.75) is 32.2 Å². The van der Waals surface area contributed by atoms with Crippen molar-refractivity contribution in [3.63, 3.8) is 0 Å². The summed E-state index contributed by atoms with van der Waals surface area (Å²) in [5.41, 5.74) is 6.13. The standard InChI is InChI=1S/C12H20N4O3/c1-8(5-13)2-3-11(17)16-10(12(18)19)4-9-6-14-7-15-9/h6-8,10H,2-5,13H2,1H3,(H,14,15)(H,16,17)(H,18,19)/t8?,10-/m1/s1. The molecule has 0 spiro atoms. The molecule has 1 rings (SSSR count). The molecule has 1 unspecified atom stereocenters. The molecular weight excluding hydrogens is 248 g/mol. The molecule has 2 atom stereocenters.